The van der Waals surface area contributed by atoms with Crippen LogP contribution in [-0.4, -0.2) is 32.8 Å². The Morgan fingerprint density at radius 1 is 1.10 bits per heavy atom. The number of hydrogen-bond acceptors (Lipinski definition) is 6. The predicted octanol–water partition coefficient (Wildman–Crippen LogP) is 7.34. The summed E-state index contributed by atoms with van der Waals surface area (Å²) in [5, 5.41) is 0.702. The Kier molecular flexibility index (Phi) is 12.4. The zero-order valence-electron chi connectivity index (χ0n) is 27.5. The molecule has 3 aromatic rings. The van der Waals surface area contributed by atoms with Gasteiger partial charge >= 0.3 is 0 Å². The highest BCUT2D eigenvalue weighted by atomic mass is 35.5. The highest BCUT2D eigenvalue weighted by molar-refractivity contribution is 7.85. The number of hydrogen-bond donors (Lipinski definition) is 3. The van der Waals surface area contributed by atoms with Crippen LogP contribution in [0.5, 0.6) is 0 Å². The van der Waals surface area contributed by atoms with Crippen LogP contribution in [0, 0.1) is 5.92 Å². The van der Waals surface area contributed by atoms with Crippen molar-refractivity contribution in [3.63, 3.8) is 0 Å². The Morgan fingerprint density at radius 3 is 2.51 bits per heavy atom. The topological polar surface area (TPSA) is 128 Å². The summed E-state index contributed by atoms with van der Waals surface area (Å²) < 4.78 is 24.1. The third-order valence-corrected chi connectivity index (χ3v) is 10.1. The normalized spacial score (nSPS) is 18.1. The van der Waals surface area contributed by atoms with Gasteiger partial charge in [0.2, 0.25) is 11.2 Å². The average Bonchev–Trinajstić information content (AvgIpc) is 3.66. The molecule has 1 unspecified atom stereocenters. The second kappa shape index (κ2) is 16.9. The first-order valence-corrected chi connectivity index (χ1v) is 18.2. The Hall–Kier alpha value is -4.25. The molecule has 2 fully saturated rings. The van der Waals surface area contributed by atoms with E-state index in [4.69, 9.17) is 44.4 Å². The maximum Gasteiger partial charge on any atom is 0.253 e. The van der Waals surface area contributed by atoms with Crippen LogP contribution in [0.1, 0.15) is 68.1 Å². The number of imidazole rings is 1. The van der Waals surface area contributed by atoms with E-state index in [1.165, 1.54) is 36.4 Å². The van der Waals surface area contributed by atoms with Crippen molar-refractivity contribution in [1.82, 2.24) is 14.3 Å². The van der Waals surface area contributed by atoms with E-state index >= 15 is 0 Å². The summed E-state index contributed by atoms with van der Waals surface area (Å²) in [6.45, 7) is 6.22. The molecule has 1 saturated carbocycles. The number of ether oxygens (including phenoxy) is 1. The number of rotatable bonds is 13. The fraction of sp³-hybridized carbons (Fsp3) is 0.297. The molecule has 0 bridgehead atoms. The highest BCUT2D eigenvalue weighted by Gasteiger charge is 2.27. The molecule has 5 N–H and O–H groups in total. The Labute approximate surface area is 300 Å². The molecule has 12 heteroatoms. The quantitative estimate of drug-likeness (QED) is 0.125. The maximum atomic E-state index is 12.5. The second-order valence-electron chi connectivity index (χ2n) is 12.1. The van der Waals surface area contributed by atoms with Gasteiger partial charge in [0.15, 0.2) is 5.88 Å². The number of nitrogens with two attached hydrogens (primary N) is 2. The summed E-state index contributed by atoms with van der Waals surface area (Å²) >= 11 is 11.0. The fourth-order valence-corrected chi connectivity index (χ4v) is 7.42. The number of nitrogens with one attached hydrogen (secondary N) is 1. The minimum Gasteiger partial charge on any atom is -0.479 e. The second-order valence-corrected chi connectivity index (χ2v) is 14.1. The molecule has 49 heavy (non-hydrogen) atoms. The van der Waals surface area contributed by atoms with Gasteiger partial charge in [-0.25, -0.2) is 9.19 Å². The number of anilines is 1. The third-order valence-electron chi connectivity index (χ3n) is 8.56. The van der Waals surface area contributed by atoms with Gasteiger partial charge in [-0.15, -0.1) is 0 Å². The van der Waals surface area contributed by atoms with Crippen LogP contribution in [0.2, 0.25) is 0 Å². The zero-order chi connectivity index (χ0) is 34.9. The van der Waals surface area contributed by atoms with E-state index in [2.05, 4.69) is 11.3 Å². The number of nitrogens with zero attached hydrogens (tertiary/aromatic N) is 3. The molecule has 1 saturated heterocycles. The highest BCUT2D eigenvalue weighted by Crippen LogP contribution is 2.31. The van der Waals surface area contributed by atoms with Crippen LogP contribution in [0.15, 0.2) is 102 Å². The van der Waals surface area contributed by atoms with Crippen LogP contribution < -0.4 is 20.5 Å². The number of carbonyl (C=O) groups excluding carboxylic acids is 1. The Bertz CT molecular complexity index is 1820. The van der Waals surface area contributed by atoms with Gasteiger partial charge in [-0.05, 0) is 66.8 Å². The van der Waals surface area contributed by atoms with Crippen LogP contribution in [0.25, 0.3) is 17.0 Å². The lowest BCUT2D eigenvalue weighted by atomic mass is 9.87. The molecule has 1 aliphatic heterocycles. The fourth-order valence-electron chi connectivity index (χ4n) is 6.01. The first kappa shape index (κ1) is 36.0. The lowest BCUT2D eigenvalue weighted by molar-refractivity contribution is -0.117. The lowest BCUT2D eigenvalue weighted by Gasteiger charge is -2.21. The van der Waals surface area contributed by atoms with Crippen molar-refractivity contribution in [2.75, 3.05) is 17.5 Å². The number of benzene rings is 2. The predicted molar refractivity (Wildman–Crippen MR) is 201 cm³/mol. The molecule has 2 aliphatic rings. The molecule has 1 aliphatic carbocycles. The Morgan fingerprint density at radius 2 is 1.84 bits per heavy atom. The number of allylic oxidation sites excluding steroid dienone is 7. The summed E-state index contributed by atoms with van der Waals surface area (Å²) in [7, 11) is 0. The summed E-state index contributed by atoms with van der Waals surface area (Å²) in [6.07, 6.45) is 16.8. The molecule has 2 heterocycles. The minimum atomic E-state index is -1.65. The van der Waals surface area contributed by atoms with Crippen molar-refractivity contribution in [1.29, 1.82) is 0 Å². The smallest absolute Gasteiger partial charge is 0.253 e. The first-order valence-electron chi connectivity index (χ1n) is 16.3. The van der Waals surface area contributed by atoms with E-state index in [9.17, 15) is 9.00 Å². The Balaban J connectivity index is 1.36. The van der Waals surface area contributed by atoms with E-state index in [0.717, 1.165) is 35.0 Å². The van der Waals surface area contributed by atoms with Gasteiger partial charge in [0.05, 0.1) is 23.0 Å². The number of halogens is 2. The molecule has 5 rings (SSSR count). The van der Waals surface area contributed by atoms with Crippen molar-refractivity contribution in [3.8, 4) is 5.69 Å². The molecule has 1 atom stereocenters. The maximum absolute atomic E-state index is 12.5. The summed E-state index contributed by atoms with van der Waals surface area (Å²) in [4.78, 5) is 16.9. The van der Waals surface area contributed by atoms with E-state index in [1.54, 1.807) is 18.2 Å². The number of aromatic nitrogens is 2. The first-order chi connectivity index (χ1) is 23.6. The van der Waals surface area contributed by atoms with Crippen LogP contribution in [-0.2, 0) is 27.1 Å². The van der Waals surface area contributed by atoms with Crippen LogP contribution >= 0.6 is 23.2 Å². The van der Waals surface area contributed by atoms with Gasteiger partial charge in [-0.1, -0.05) is 98.3 Å². The summed E-state index contributed by atoms with van der Waals surface area (Å²) in [6, 6.07) is 15.4. The monoisotopic (exact) mass is 720 g/mol. The van der Waals surface area contributed by atoms with Crippen LogP contribution in [0.3, 0.4) is 0 Å². The van der Waals surface area contributed by atoms with E-state index in [1.807, 2.05) is 72.3 Å². The van der Waals surface area contributed by atoms with Gasteiger partial charge in [-0.2, -0.15) is 0 Å². The molecule has 9 nitrogen and oxygen atoms in total. The van der Waals surface area contributed by atoms with E-state index < -0.39 is 11.2 Å². The summed E-state index contributed by atoms with van der Waals surface area (Å²) in [5.41, 5.74) is 17.6. The standard InChI is InChI=1S/C37H42Cl2N6O3S/c1-3-31(32(39)20-25(2)38)34-23-44(29-10-7-11-30(22-29)45-24-37(46)43-49(45)47)36(42-34)21-27-12-14-28(15-13-27)33(40)16-17-35(41)48-19-18-26-8-5-4-6-9-26/h3,7,10-17,20,22-23,26H,2,4-6,8-9,18-19,21,24,40-41H2,1H3,(H,43,46)/b31-3+,32-20+,33-16-,35-17+. The molecular weight excluding hydrogens is 679 g/mol. The number of amides is 1. The van der Waals surface area contributed by atoms with E-state index in [-0.39, 0.29) is 12.5 Å². The largest absolute Gasteiger partial charge is 0.479 e. The molecule has 258 valence electrons. The van der Waals surface area contributed by atoms with E-state index in [0.29, 0.717) is 51.6 Å². The molecule has 0 spiro atoms. The molecule has 1 amide bonds. The summed E-state index contributed by atoms with van der Waals surface area (Å²) in [5.74, 6) is 1.52. The third kappa shape index (κ3) is 9.68. The van der Waals surface area contributed by atoms with Gasteiger partial charge in [-0.3, -0.25) is 13.8 Å². The van der Waals surface area contributed by atoms with Gasteiger partial charge in [0, 0.05) is 34.6 Å². The lowest BCUT2D eigenvalue weighted by Crippen LogP contribution is -2.22. The molecule has 0 radical (unpaired) electrons. The molecule has 1 aromatic heterocycles. The number of carbonyl (C=O) groups is 1. The van der Waals surface area contributed by atoms with Crippen molar-refractivity contribution in [2.24, 2.45) is 17.4 Å². The van der Waals surface area contributed by atoms with Crippen LogP contribution in [0.4, 0.5) is 5.69 Å². The van der Waals surface area contributed by atoms with Crippen molar-refractivity contribution >= 4 is 57.2 Å². The zero-order valence-corrected chi connectivity index (χ0v) is 29.9. The average molecular weight is 722 g/mol. The van der Waals surface area contributed by atoms with Crippen molar-refractivity contribution in [2.45, 2.75) is 51.9 Å². The SMILES string of the molecule is C=C(Cl)/C=C(Cl)\C(=C/C)c1cn(-c2cccc(N3CC(=O)NS3=O)c2)c(Cc2ccc(/C(N)=C/C=C(\N)OCCC3CCCCC3)cc2)n1. The molecule has 2 aromatic carbocycles. The molecular formula is C37H42Cl2N6O3S. The minimum absolute atomic E-state index is 0.00326. The van der Waals surface area contributed by atoms with Gasteiger partial charge < -0.3 is 20.8 Å². The van der Waals surface area contributed by atoms with Gasteiger partial charge in [0.25, 0.3) is 5.91 Å². The van der Waals surface area contributed by atoms with Crippen molar-refractivity contribution in [3.05, 3.63) is 124 Å². The van der Waals surface area contributed by atoms with Crippen molar-refractivity contribution < 1.29 is 13.7 Å². The van der Waals surface area contributed by atoms with Gasteiger partial charge in [0.1, 0.15) is 12.4 Å².